The average Bonchev–Trinajstić information content (AvgIpc) is 3.51. The minimum atomic E-state index is -4.54. The quantitative estimate of drug-likeness (QED) is 0.175. The molecule has 0 amide bonds. The number of halogens is 4. The molecule has 5 nitrogen and oxygen atoms in total. The number of hydrogen-bond donors (Lipinski definition) is 1. The van der Waals surface area contributed by atoms with Crippen LogP contribution in [0.3, 0.4) is 0 Å². The van der Waals surface area contributed by atoms with Crippen molar-refractivity contribution in [1.82, 2.24) is 9.55 Å². The third kappa shape index (κ3) is 5.79. The maximum absolute atomic E-state index is 15.4. The van der Waals surface area contributed by atoms with Crippen LogP contribution in [-0.2, 0) is 30.4 Å². The monoisotopic (exact) mass is 562 g/mol. The Kier molecular flexibility index (Phi) is 7.79. The molecule has 0 fully saturated rings. The van der Waals surface area contributed by atoms with Crippen molar-refractivity contribution in [1.29, 1.82) is 0 Å². The summed E-state index contributed by atoms with van der Waals surface area (Å²) in [5, 5.41) is 7.39. The van der Waals surface area contributed by atoms with Crippen molar-refractivity contribution in [2.75, 3.05) is 0 Å². The Hall–Kier alpha value is -4.66. The van der Waals surface area contributed by atoms with Crippen LogP contribution in [0.1, 0.15) is 29.2 Å². The van der Waals surface area contributed by atoms with Gasteiger partial charge in [-0.05, 0) is 65.8 Å². The molecule has 0 saturated carbocycles. The molecule has 0 radical (unpaired) electrons. The number of fused-ring (bicyclic) bond motifs is 2. The summed E-state index contributed by atoms with van der Waals surface area (Å²) < 4.78 is 64.8. The molecular weight excluding hydrogens is 536 g/mol. The maximum atomic E-state index is 15.4. The average molecular weight is 563 g/mol. The summed E-state index contributed by atoms with van der Waals surface area (Å²) in [6.45, 7) is 1.83. The van der Waals surface area contributed by atoms with Crippen LogP contribution in [0.15, 0.2) is 85.2 Å². The van der Waals surface area contributed by atoms with Crippen LogP contribution in [0, 0.1) is 11.7 Å². The van der Waals surface area contributed by atoms with Gasteiger partial charge in [0, 0.05) is 40.7 Å². The highest BCUT2D eigenvalue weighted by molar-refractivity contribution is 5.98. The smallest absolute Gasteiger partial charge is 0.417 e. The Bertz CT molecular complexity index is 1700. The van der Waals surface area contributed by atoms with Gasteiger partial charge in [-0.25, -0.2) is 9.37 Å². The van der Waals surface area contributed by atoms with Gasteiger partial charge in [0.15, 0.2) is 0 Å². The van der Waals surface area contributed by atoms with Gasteiger partial charge >= 0.3 is 6.18 Å². The van der Waals surface area contributed by atoms with E-state index in [1.807, 2.05) is 36.4 Å². The van der Waals surface area contributed by atoms with Gasteiger partial charge in [-0.2, -0.15) is 13.2 Å². The van der Waals surface area contributed by atoms with E-state index in [4.69, 9.17) is 14.6 Å². The number of pyridine rings is 1. The summed E-state index contributed by atoms with van der Waals surface area (Å²) >= 11 is 0. The lowest BCUT2D eigenvalue weighted by molar-refractivity contribution is -0.137. The molecule has 3 aromatic carbocycles. The molecule has 1 atom stereocenters. The molecule has 0 unspecified atom stereocenters. The molecule has 5 aromatic rings. The molecule has 1 N–H and O–H groups in total. The molecule has 2 heterocycles. The molecule has 9 heteroatoms. The minimum absolute atomic E-state index is 0.0348. The van der Waals surface area contributed by atoms with Gasteiger partial charge in [-0.3, -0.25) is 4.79 Å². The summed E-state index contributed by atoms with van der Waals surface area (Å²) in [5.74, 6) is 0.452. The van der Waals surface area contributed by atoms with Crippen LogP contribution < -0.4 is 4.74 Å². The molecule has 1 aliphatic carbocycles. The summed E-state index contributed by atoms with van der Waals surface area (Å²) in [5.41, 5.74) is 3.46. The minimum Gasteiger partial charge on any atom is -0.483 e. The van der Waals surface area contributed by atoms with Gasteiger partial charge in [0.2, 0.25) is 5.88 Å². The molecule has 0 aliphatic heterocycles. The molecule has 210 valence electrons. The number of carbonyl (C=O) groups is 1. The van der Waals surface area contributed by atoms with Gasteiger partial charge in [0.25, 0.3) is 6.47 Å². The van der Waals surface area contributed by atoms with Crippen LogP contribution in [-0.4, -0.2) is 21.1 Å². The van der Waals surface area contributed by atoms with Gasteiger partial charge < -0.3 is 14.4 Å². The Labute approximate surface area is 233 Å². The number of carboxylic acid groups (broad SMARTS) is 1. The number of para-hydroxylation sites is 1. The second-order valence-electron chi connectivity index (χ2n) is 9.95. The lowest BCUT2D eigenvalue weighted by Gasteiger charge is -2.12. The topological polar surface area (TPSA) is 64.4 Å². The van der Waals surface area contributed by atoms with Crippen LogP contribution in [0.4, 0.5) is 17.6 Å². The lowest BCUT2D eigenvalue weighted by atomic mass is 9.98. The summed E-state index contributed by atoms with van der Waals surface area (Å²) in [4.78, 5) is 12.7. The summed E-state index contributed by atoms with van der Waals surface area (Å²) in [7, 11) is 0. The van der Waals surface area contributed by atoms with E-state index in [0.717, 1.165) is 18.9 Å². The molecule has 0 spiro atoms. The van der Waals surface area contributed by atoms with E-state index >= 15 is 4.39 Å². The predicted molar refractivity (Wildman–Crippen MR) is 148 cm³/mol. The molecule has 6 rings (SSSR count). The van der Waals surface area contributed by atoms with Gasteiger partial charge in [0.1, 0.15) is 12.4 Å². The molecule has 1 aliphatic rings. The first kappa shape index (κ1) is 27.9. The highest BCUT2D eigenvalue weighted by atomic mass is 19.4. The number of ether oxygens (including phenoxy) is 1. The van der Waals surface area contributed by atoms with E-state index in [9.17, 15) is 13.2 Å². The van der Waals surface area contributed by atoms with Crippen molar-refractivity contribution < 1.29 is 32.2 Å². The van der Waals surface area contributed by atoms with Crippen LogP contribution in [0.5, 0.6) is 5.88 Å². The SMILES string of the molecule is C[C@@H]1Cc2cnc(OCc3cc4c(-c5ccccc5C(F)(F)F)cn(-c5ccccc5)c4cc3F)cc2C1.O=CO. The lowest BCUT2D eigenvalue weighted by Crippen LogP contribution is -2.06. The van der Waals surface area contributed by atoms with Gasteiger partial charge in [-0.1, -0.05) is 43.3 Å². The third-order valence-electron chi connectivity index (χ3n) is 7.10. The van der Waals surface area contributed by atoms with Crippen molar-refractivity contribution in [3.8, 4) is 22.7 Å². The van der Waals surface area contributed by atoms with E-state index in [1.165, 1.54) is 29.3 Å². The number of rotatable bonds is 5. The van der Waals surface area contributed by atoms with Crippen molar-refractivity contribution >= 4 is 17.4 Å². The van der Waals surface area contributed by atoms with E-state index in [0.29, 0.717) is 34.0 Å². The number of nitrogens with zero attached hydrogens (tertiary/aromatic N) is 2. The Morgan fingerprint density at radius 1 is 1.00 bits per heavy atom. The van der Waals surface area contributed by atoms with E-state index in [1.54, 1.807) is 29.1 Å². The first-order chi connectivity index (χ1) is 19.7. The Morgan fingerprint density at radius 2 is 1.68 bits per heavy atom. The van der Waals surface area contributed by atoms with E-state index < -0.39 is 17.6 Å². The van der Waals surface area contributed by atoms with E-state index in [-0.39, 0.29) is 24.2 Å². The fourth-order valence-corrected chi connectivity index (χ4v) is 5.31. The predicted octanol–water partition coefficient (Wildman–Crippen LogP) is 7.86. The molecule has 41 heavy (non-hydrogen) atoms. The standard InChI is InChI=1S/C31H24F4N2O.CH2O2/c1-19-11-20-14-30(36-16-21(20)12-19)38-18-22-13-25-26(24-9-5-6-10-27(24)31(33,34)35)17-37(29(25)15-28(22)32)23-7-3-2-4-8-23;2-1-3/h2-10,13-17,19H,11-12,18H2,1H3;1H,(H,2,3)/t19-;/m0./s1. The number of benzene rings is 3. The Morgan fingerprint density at radius 3 is 2.41 bits per heavy atom. The normalized spacial score (nSPS) is 14.3. The summed E-state index contributed by atoms with van der Waals surface area (Å²) in [6.07, 6.45) is 0.830. The van der Waals surface area contributed by atoms with Crippen molar-refractivity contribution in [2.24, 2.45) is 5.92 Å². The molecular formula is C32H26F4N2O3. The molecule has 0 saturated heterocycles. The second kappa shape index (κ2) is 11.4. The number of hydrogen-bond acceptors (Lipinski definition) is 3. The van der Waals surface area contributed by atoms with Gasteiger partial charge in [0.05, 0.1) is 11.1 Å². The molecule has 0 bridgehead atoms. The maximum Gasteiger partial charge on any atom is 0.417 e. The summed E-state index contributed by atoms with van der Waals surface area (Å²) in [6, 6.07) is 19.4. The first-order valence-corrected chi connectivity index (χ1v) is 12.9. The van der Waals surface area contributed by atoms with Crippen molar-refractivity contribution in [2.45, 2.75) is 32.5 Å². The fraction of sp³-hybridized carbons (Fsp3) is 0.188. The third-order valence-corrected chi connectivity index (χ3v) is 7.10. The van der Waals surface area contributed by atoms with E-state index in [2.05, 4.69) is 11.9 Å². The zero-order valence-electron chi connectivity index (χ0n) is 22.0. The zero-order chi connectivity index (χ0) is 29.1. The van der Waals surface area contributed by atoms with Crippen LogP contribution in [0.25, 0.3) is 27.7 Å². The van der Waals surface area contributed by atoms with Crippen molar-refractivity contribution in [3.63, 3.8) is 0 Å². The zero-order valence-corrected chi connectivity index (χ0v) is 22.0. The highest BCUT2D eigenvalue weighted by Gasteiger charge is 2.34. The molecule has 2 aromatic heterocycles. The Balaban J connectivity index is 0.00000108. The van der Waals surface area contributed by atoms with Crippen LogP contribution >= 0.6 is 0 Å². The highest BCUT2D eigenvalue weighted by Crippen LogP contribution is 2.41. The fourth-order valence-electron chi connectivity index (χ4n) is 5.31. The number of aromatic nitrogens is 2. The van der Waals surface area contributed by atoms with Crippen LogP contribution in [0.2, 0.25) is 0 Å². The largest absolute Gasteiger partial charge is 0.483 e. The first-order valence-electron chi connectivity index (χ1n) is 12.9. The van der Waals surface area contributed by atoms with Crippen molar-refractivity contribution in [3.05, 3.63) is 113 Å². The van der Waals surface area contributed by atoms with Gasteiger partial charge in [-0.15, -0.1) is 0 Å². The number of alkyl halides is 3. The second-order valence-corrected chi connectivity index (χ2v) is 9.95.